The Labute approximate surface area is 234 Å². The molecule has 4 unspecified atom stereocenters. The van der Waals surface area contributed by atoms with E-state index in [-0.39, 0.29) is 38.6 Å². The normalized spacial score (nSPS) is 15.9. The van der Waals surface area contributed by atoms with Crippen molar-refractivity contribution in [3.8, 4) is 0 Å². The highest BCUT2D eigenvalue weighted by Crippen LogP contribution is 2.25. The maximum absolute atomic E-state index is 12.7. The Hall–Kier alpha value is -2.23. The van der Waals surface area contributed by atoms with Crippen LogP contribution in [0.25, 0.3) is 0 Å². The topological polar surface area (TPSA) is 164 Å². The summed E-state index contributed by atoms with van der Waals surface area (Å²) in [5.41, 5.74) is 8.22. The second kappa shape index (κ2) is 22.6. The molecule has 0 aliphatic heterocycles. The third-order valence-corrected chi connectivity index (χ3v) is 6.60. The van der Waals surface area contributed by atoms with Crippen molar-refractivity contribution in [3.63, 3.8) is 0 Å². The second-order valence-electron chi connectivity index (χ2n) is 9.92. The minimum atomic E-state index is -2.92. The number of carbonyl (C=O) groups excluding carboxylic acids is 3. The smallest absolute Gasteiger partial charge is 0.189 e. The van der Waals surface area contributed by atoms with E-state index in [9.17, 15) is 29.7 Å². The average molecular weight is 549 g/mol. The van der Waals surface area contributed by atoms with Crippen LogP contribution in [-0.4, -0.2) is 63.1 Å². The summed E-state index contributed by atoms with van der Waals surface area (Å²) in [5.74, 6) is -2.65. The van der Waals surface area contributed by atoms with Crippen molar-refractivity contribution in [1.29, 1.82) is 0 Å². The molecule has 0 aliphatic rings. The number of hydrogen-bond acceptors (Lipinski definition) is 8. The van der Waals surface area contributed by atoms with Crippen LogP contribution in [-0.2, 0) is 14.4 Å². The summed E-state index contributed by atoms with van der Waals surface area (Å²) < 4.78 is 0. The standard InChI is InChI=1S/C31H52N2O6/c1-3-5-6-7-8-9-10-11-12-13-14-15-16-17-18-20-26(34)29(37)31(39,28(36)21-19-24-32)30(38)27(35)23-22-25(33)4-2/h4-6,8-9,11-12,25,29-30,37-39H,2-3,7,10,13-24,32-33H2,1H3/b6-5-,9-8-,12-11-. The van der Waals surface area contributed by atoms with Gasteiger partial charge in [0.1, 0.15) is 0 Å². The molecule has 0 aliphatic carbocycles. The lowest BCUT2D eigenvalue weighted by Gasteiger charge is -2.34. The van der Waals surface area contributed by atoms with Crippen molar-refractivity contribution in [2.45, 2.75) is 121 Å². The highest BCUT2D eigenvalue weighted by Gasteiger charge is 2.53. The minimum absolute atomic E-state index is 0.0738. The molecule has 0 rings (SSSR count). The van der Waals surface area contributed by atoms with Gasteiger partial charge in [0, 0.05) is 25.3 Å². The molecule has 39 heavy (non-hydrogen) atoms. The molecule has 0 aromatic rings. The lowest BCUT2D eigenvalue weighted by atomic mass is 9.78. The molecule has 7 N–H and O–H groups in total. The number of ketones is 3. The van der Waals surface area contributed by atoms with Gasteiger partial charge >= 0.3 is 0 Å². The van der Waals surface area contributed by atoms with Gasteiger partial charge in [-0.05, 0) is 57.9 Å². The third-order valence-electron chi connectivity index (χ3n) is 6.60. The van der Waals surface area contributed by atoms with Crippen LogP contribution < -0.4 is 11.5 Å². The van der Waals surface area contributed by atoms with Crippen LogP contribution in [0.3, 0.4) is 0 Å². The van der Waals surface area contributed by atoms with Crippen LogP contribution in [0.15, 0.2) is 49.1 Å². The minimum Gasteiger partial charge on any atom is -0.382 e. The van der Waals surface area contributed by atoms with Crippen molar-refractivity contribution in [2.24, 2.45) is 11.5 Å². The van der Waals surface area contributed by atoms with Crippen LogP contribution in [0.5, 0.6) is 0 Å². The lowest BCUT2D eigenvalue weighted by Crippen LogP contribution is -2.63. The predicted octanol–water partition coefficient (Wildman–Crippen LogP) is 3.77. The van der Waals surface area contributed by atoms with Gasteiger partial charge in [-0.2, -0.15) is 0 Å². The van der Waals surface area contributed by atoms with E-state index in [0.29, 0.717) is 6.42 Å². The van der Waals surface area contributed by atoms with Gasteiger partial charge in [-0.3, -0.25) is 14.4 Å². The fourth-order valence-electron chi connectivity index (χ4n) is 4.03. The first-order valence-corrected chi connectivity index (χ1v) is 14.4. The van der Waals surface area contributed by atoms with Gasteiger partial charge in [-0.25, -0.2) is 0 Å². The van der Waals surface area contributed by atoms with Gasteiger partial charge in [0.25, 0.3) is 0 Å². The predicted molar refractivity (Wildman–Crippen MR) is 157 cm³/mol. The Morgan fingerprint density at radius 2 is 1.33 bits per heavy atom. The molecular formula is C31H52N2O6. The molecule has 8 nitrogen and oxygen atoms in total. The largest absolute Gasteiger partial charge is 0.382 e. The van der Waals surface area contributed by atoms with Crippen molar-refractivity contribution in [2.75, 3.05) is 6.54 Å². The van der Waals surface area contributed by atoms with Crippen LogP contribution in [0.2, 0.25) is 0 Å². The van der Waals surface area contributed by atoms with E-state index in [2.05, 4.69) is 50.0 Å². The molecule has 0 bridgehead atoms. The highest BCUT2D eigenvalue weighted by atomic mass is 16.4. The number of hydrogen-bond donors (Lipinski definition) is 5. The van der Waals surface area contributed by atoms with E-state index in [1.807, 2.05) is 0 Å². The summed E-state index contributed by atoms with van der Waals surface area (Å²) in [4.78, 5) is 37.9. The number of unbranched alkanes of at least 4 members (excludes halogenated alkanes) is 5. The molecule has 0 aromatic carbocycles. The van der Waals surface area contributed by atoms with Gasteiger partial charge in [0.2, 0.25) is 0 Å². The molecule has 0 spiro atoms. The van der Waals surface area contributed by atoms with E-state index >= 15 is 0 Å². The quantitative estimate of drug-likeness (QED) is 0.0850. The van der Waals surface area contributed by atoms with Crippen LogP contribution in [0.4, 0.5) is 0 Å². The molecule has 4 atom stereocenters. The van der Waals surface area contributed by atoms with Crippen molar-refractivity contribution in [3.05, 3.63) is 49.1 Å². The van der Waals surface area contributed by atoms with Crippen LogP contribution in [0.1, 0.15) is 96.8 Å². The maximum Gasteiger partial charge on any atom is 0.189 e. The molecule has 8 heteroatoms. The van der Waals surface area contributed by atoms with E-state index in [0.717, 1.165) is 51.4 Å². The summed E-state index contributed by atoms with van der Waals surface area (Å²) >= 11 is 0. The van der Waals surface area contributed by atoms with Crippen LogP contribution in [0, 0.1) is 0 Å². The van der Waals surface area contributed by atoms with Crippen LogP contribution >= 0.6 is 0 Å². The van der Waals surface area contributed by atoms with E-state index in [1.54, 1.807) is 0 Å². The Kier molecular flexibility index (Phi) is 21.3. The van der Waals surface area contributed by atoms with Gasteiger partial charge in [-0.1, -0.05) is 68.7 Å². The first-order valence-electron chi connectivity index (χ1n) is 14.4. The summed E-state index contributed by atoms with van der Waals surface area (Å²) in [5, 5.41) is 32.3. The third kappa shape index (κ3) is 15.2. The van der Waals surface area contributed by atoms with Crippen molar-refractivity contribution < 1.29 is 29.7 Å². The first kappa shape index (κ1) is 36.8. The van der Waals surface area contributed by atoms with Gasteiger partial charge in [0.15, 0.2) is 35.2 Å². The number of carbonyl (C=O) groups is 3. The Morgan fingerprint density at radius 1 is 0.795 bits per heavy atom. The first-order chi connectivity index (χ1) is 18.7. The highest BCUT2D eigenvalue weighted by molar-refractivity contribution is 6.01. The molecule has 0 aromatic heterocycles. The molecule has 0 radical (unpaired) electrons. The number of allylic oxidation sites excluding steroid dienone is 6. The van der Waals surface area contributed by atoms with E-state index in [4.69, 9.17) is 11.5 Å². The molecule has 0 fully saturated rings. The zero-order valence-electron chi connectivity index (χ0n) is 23.8. The summed E-state index contributed by atoms with van der Waals surface area (Å²) in [6.07, 6.45) is 17.7. The van der Waals surface area contributed by atoms with E-state index < -0.39 is 41.2 Å². The Morgan fingerprint density at radius 3 is 1.92 bits per heavy atom. The zero-order chi connectivity index (χ0) is 29.5. The number of nitrogens with two attached hydrogens (primary N) is 2. The lowest BCUT2D eigenvalue weighted by molar-refractivity contribution is -0.181. The monoisotopic (exact) mass is 548 g/mol. The molecule has 0 amide bonds. The zero-order valence-corrected chi connectivity index (χ0v) is 23.8. The SMILES string of the molecule is C=CC(N)CCC(=O)C(O)C(O)(C(=O)CCCN)C(O)C(=O)CCCCCCC/C=C\C/C=C\C/C=C\CC. The van der Waals surface area contributed by atoms with Gasteiger partial charge in [0.05, 0.1) is 0 Å². The van der Waals surface area contributed by atoms with Crippen molar-refractivity contribution >= 4 is 17.3 Å². The number of rotatable bonds is 25. The molecule has 0 saturated carbocycles. The number of aliphatic hydroxyl groups excluding tert-OH is 2. The van der Waals surface area contributed by atoms with Crippen molar-refractivity contribution in [1.82, 2.24) is 0 Å². The second-order valence-corrected chi connectivity index (χ2v) is 9.92. The molecule has 222 valence electrons. The van der Waals surface area contributed by atoms with Gasteiger partial charge in [-0.15, -0.1) is 6.58 Å². The Bertz CT molecular complexity index is 807. The summed E-state index contributed by atoms with van der Waals surface area (Å²) in [7, 11) is 0. The maximum atomic E-state index is 12.7. The number of aliphatic hydroxyl groups is 3. The van der Waals surface area contributed by atoms with Gasteiger partial charge < -0.3 is 26.8 Å². The average Bonchev–Trinajstić information content (AvgIpc) is 2.94. The summed E-state index contributed by atoms with van der Waals surface area (Å²) in [6, 6.07) is -0.509. The molecular weight excluding hydrogens is 496 g/mol. The molecule has 0 heterocycles. The fourth-order valence-corrected chi connectivity index (χ4v) is 4.03. The fraction of sp³-hybridized carbons (Fsp3) is 0.645. The van der Waals surface area contributed by atoms with E-state index in [1.165, 1.54) is 6.08 Å². The number of Topliss-reactive ketones (excluding diaryl/α,β-unsaturated/α-hetero) is 3. The Balaban J connectivity index is 4.64. The summed E-state index contributed by atoms with van der Waals surface area (Å²) in [6.45, 7) is 5.77. The molecule has 0 saturated heterocycles.